The first-order chi connectivity index (χ1) is 14.0. The van der Waals surface area contributed by atoms with Gasteiger partial charge in [0.1, 0.15) is 5.82 Å². The number of para-hydroxylation sites is 1. The van der Waals surface area contributed by atoms with E-state index in [4.69, 9.17) is 5.26 Å². The van der Waals surface area contributed by atoms with Gasteiger partial charge in [0.05, 0.1) is 17.3 Å². The van der Waals surface area contributed by atoms with Gasteiger partial charge >= 0.3 is 0 Å². The van der Waals surface area contributed by atoms with Crippen molar-refractivity contribution in [3.8, 4) is 6.07 Å². The highest BCUT2D eigenvalue weighted by molar-refractivity contribution is 5.92. The average molecular weight is 394 g/mol. The van der Waals surface area contributed by atoms with Gasteiger partial charge in [0.25, 0.3) is 0 Å². The minimum absolute atomic E-state index is 0.0296. The summed E-state index contributed by atoms with van der Waals surface area (Å²) in [6, 6.07) is 15.4. The molecule has 1 saturated heterocycles. The fraction of sp³-hybridized carbons (Fsp3) is 0.318. The quantitative estimate of drug-likeness (QED) is 0.782. The molecule has 0 N–H and O–H groups in total. The molecular formula is C22H23FN4O2. The number of carbonyl (C=O) groups is 2. The van der Waals surface area contributed by atoms with Crippen LogP contribution in [-0.2, 0) is 9.59 Å². The fourth-order valence-electron chi connectivity index (χ4n) is 3.45. The van der Waals surface area contributed by atoms with Crippen molar-refractivity contribution >= 4 is 23.2 Å². The summed E-state index contributed by atoms with van der Waals surface area (Å²) in [5.74, 6) is -0.447. The van der Waals surface area contributed by atoms with Crippen LogP contribution in [0.15, 0.2) is 48.5 Å². The molecule has 7 heteroatoms. The third-order valence-corrected chi connectivity index (χ3v) is 5.06. The van der Waals surface area contributed by atoms with Gasteiger partial charge in [-0.05, 0) is 36.4 Å². The fourth-order valence-corrected chi connectivity index (χ4v) is 3.45. The number of hydrogen-bond donors (Lipinski definition) is 0. The van der Waals surface area contributed by atoms with Gasteiger partial charge in [0, 0.05) is 51.8 Å². The zero-order valence-corrected chi connectivity index (χ0v) is 16.3. The van der Waals surface area contributed by atoms with Gasteiger partial charge in [-0.2, -0.15) is 5.26 Å². The molecule has 2 aromatic carbocycles. The molecule has 0 bridgehead atoms. The summed E-state index contributed by atoms with van der Waals surface area (Å²) in [6.45, 7) is 3.90. The summed E-state index contributed by atoms with van der Waals surface area (Å²) in [6.07, 6.45) is 0.208. The highest BCUT2D eigenvalue weighted by atomic mass is 19.1. The van der Waals surface area contributed by atoms with E-state index in [0.29, 0.717) is 43.1 Å². The number of nitrogens with zero attached hydrogens (tertiary/aromatic N) is 4. The van der Waals surface area contributed by atoms with Crippen LogP contribution in [0, 0.1) is 17.1 Å². The van der Waals surface area contributed by atoms with Crippen molar-refractivity contribution in [2.75, 3.05) is 42.5 Å². The van der Waals surface area contributed by atoms with E-state index in [2.05, 4.69) is 0 Å². The van der Waals surface area contributed by atoms with E-state index in [-0.39, 0.29) is 30.6 Å². The van der Waals surface area contributed by atoms with Crippen molar-refractivity contribution in [2.24, 2.45) is 0 Å². The maximum Gasteiger partial charge on any atom is 0.224 e. The molecule has 0 atom stereocenters. The number of piperazine rings is 1. The molecular weight excluding hydrogens is 371 g/mol. The molecule has 1 aliphatic rings. The molecule has 2 aromatic rings. The zero-order chi connectivity index (χ0) is 20.8. The number of anilines is 2. The summed E-state index contributed by atoms with van der Waals surface area (Å²) >= 11 is 0. The Kier molecular flexibility index (Phi) is 6.45. The topological polar surface area (TPSA) is 67.7 Å². The summed E-state index contributed by atoms with van der Waals surface area (Å²) in [7, 11) is 0. The van der Waals surface area contributed by atoms with Crippen LogP contribution in [0.5, 0.6) is 0 Å². The SMILES string of the molecule is CC(=O)N(CCC(=O)N1CCN(c2ccccc2F)CC1)c1ccc(C#N)cc1. The first kappa shape index (κ1) is 20.3. The van der Waals surface area contributed by atoms with Crippen LogP contribution in [0.1, 0.15) is 18.9 Å². The maximum absolute atomic E-state index is 13.9. The summed E-state index contributed by atoms with van der Waals surface area (Å²) in [5, 5.41) is 8.90. The van der Waals surface area contributed by atoms with Gasteiger partial charge in [-0.1, -0.05) is 12.1 Å². The van der Waals surface area contributed by atoms with E-state index in [0.717, 1.165) is 0 Å². The van der Waals surface area contributed by atoms with Gasteiger partial charge in [-0.25, -0.2) is 4.39 Å². The van der Waals surface area contributed by atoms with Crippen LogP contribution < -0.4 is 9.80 Å². The normalized spacial score (nSPS) is 13.7. The van der Waals surface area contributed by atoms with Gasteiger partial charge in [-0.15, -0.1) is 0 Å². The van der Waals surface area contributed by atoms with Gasteiger partial charge in [0.15, 0.2) is 0 Å². The second-order valence-electron chi connectivity index (χ2n) is 6.90. The largest absolute Gasteiger partial charge is 0.366 e. The molecule has 1 fully saturated rings. The second kappa shape index (κ2) is 9.20. The summed E-state index contributed by atoms with van der Waals surface area (Å²) in [5.41, 5.74) is 1.73. The van der Waals surface area contributed by atoms with Crippen LogP contribution in [0.3, 0.4) is 0 Å². The Morgan fingerprint density at radius 1 is 1.07 bits per heavy atom. The van der Waals surface area contributed by atoms with Crippen molar-refractivity contribution < 1.29 is 14.0 Å². The predicted octanol–water partition coefficient (Wildman–Crippen LogP) is 2.79. The lowest BCUT2D eigenvalue weighted by molar-refractivity contribution is -0.131. The lowest BCUT2D eigenvalue weighted by atomic mass is 10.2. The number of carbonyl (C=O) groups excluding carboxylic acids is 2. The summed E-state index contributed by atoms with van der Waals surface area (Å²) < 4.78 is 13.9. The molecule has 0 radical (unpaired) electrons. The number of rotatable bonds is 5. The van der Waals surface area contributed by atoms with Gasteiger partial charge in [0.2, 0.25) is 11.8 Å². The molecule has 0 saturated carbocycles. The summed E-state index contributed by atoms with van der Waals surface area (Å²) in [4.78, 5) is 29.9. The molecule has 29 heavy (non-hydrogen) atoms. The van der Waals surface area contributed by atoms with Crippen LogP contribution in [0.2, 0.25) is 0 Å². The Bertz CT molecular complexity index is 915. The molecule has 150 valence electrons. The molecule has 2 amide bonds. The first-order valence-corrected chi connectivity index (χ1v) is 9.55. The molecule has 3 rings (SSSR count). The second-order valence-corrected chi connectivity index (χ2v) is 6.90. The third kappa shape index (κ3) is 4.91. The van der Waals surface area contributed by atoms with Crippen molar-refractivity contribution in [1.82, 2.24) is 4.90 Å². The Morgan fingerprint density at radius 2 is 1.72 bits per heavy atom. The van der Waals surface area contributed by atoms with Crippen molar-refractivity contribution in [2.45, 2.75) is 13.3 Å². The van der Waals surface area contributed by atoms with E-state index in [9.17, 15) is 14.0 Å². The number of hydrogen-bond acceptors (Lipinski definition) is 4. The lowest BCUT2D eigenvalue weighted by Crippen LogP contribution is -2.49. The van der Waals surface area contributed by atoms with E-state index in [1.807, 2.05) is 11.0 Å². The van der Waals surface area contributed by atoms with E-state index in [1.165, 1.54) is 17.9 Å². The van der Waals surface area contributed by atoms with Crippen LogP contribution in [0.4, 0.5) is 15.8 Å². The van der Waals surface area contributed by atoms with Crippen molar-refractivity contribution in [3.05, 3.63) is 59.9 Å². The highest BCUT2D eigenvalue weighted by Crippen LogP contribution is 2.21. The minimum Gasteiger partial charge on any atom is -0.366 e. The first-order valence-electron chi connectivity index (χ1n) is 9.55. The molecule has 1 aliphatic heterocycles. The van der Waals surface area contributed by atoms with Crippen LogP contribution in [0.25, 0.3) is 0 Å². The van der Waals surface area contributed by atoms with Crippen LogP contribution >= 0.6 is 0 Å². The maximum atomic E-state index is 13.9. The average Bonchev–Trinajstić information content (AvgIpc) is 2.74. The number of benzene rings is 2. The minimum atomic E-state index is -0.258. The van der Waals surface area contributed by atoms with E-state index >= 15 is 0 Å². The predicted molar refractivity (Wildman–Crippen MR) is 109 cm³/mol. The molecule has 0 aromatic heterocycles. The van der Waals surface area contributed by atoms with Crippen molar-refractivity contribution in [1.29, 1.82) is 5.26 Å². The number of nitriles is 1. The Hall–Kier alpha value is -3.40. The van der Waals surface area contributed by atoms with Gasteiger partial charge < -0.3 is 14.7 Å². The number of amides is 2. The third-order valence-electron chi connectivity index (χ3n) is 5.06. The standard InChI is InChI=1S/C22H23FN4O2/c1-17(28)27(19-8-6-18(16-24)7-9-19)11-10-22(29)26-14-12-25(13-15-26)21-5-3-2-4-20(21)23/h2-9H,10-15H2,1H3. The highest BCUT2D eigenvalue weighted by Gasteiger charge is 2.23. The lowest BCUT2D eigenvalue weighted by Gasteiger charge is -2.36. The smallest absolute Gasteiger partial charge is 0.224 e. The molecule has 0 unspecified atom stereocenters. The van der Waals surface area contributed by atoms with Crippen LogP contribution in [-0.4, -0.2) is 49.4 Å². The van der Waals surface area contributed by atoms with Gasteiger partial charge in [-0.3, -0.25) is 9.59 Å². The van der Waals surface area contributed by atoms with E-state index in [1.54, 1.807) is 47.4 Å². The Labute approximate surface area is 169 Å². The molecule has 1 heterocycles. The molecule has 0 aliphatic carbocycles. The Balaban J connectivity index is 1.55. The van der Waals surface area contributed by atoms with E-state index < -0.39 is 0 Å². The van der Waals surface area contributed by atoms with Crippen molar-refractivity contribution in [3.63, 3.8) is 0 Å². The number of halogens is 1. The molecule has 6 nitrogen and oxygen atoms in total. The monoisotopic (exact) mass is 394 g/mol. The Morgan fingerprint density at radius 3 is 2.31 bits per heavy atom. The zero-order valence-electron chi connectivity index (χ0n) is 16.3. The molecule has 0 spiro atoms.